The maximum absolute atomic E-state index is 12.4. The Balaban J connectivity index is 2.67. The molecule has 1 saturated carbocycles. The highest BCUT2D eigenvalue weighted by atomic mass is 16.5. The molecular weight excluding hydrogens is 318 g/mol. The van der Waals surface area contributed by atoms with Crippen molar-refractivity contribution < 1.29 is 19.7 Å². The maximum Gasteiger partial charge on any atom is 0.314 e. The van der Waals surface area contributed by atoms with Crippen molar-refractivity contribution in [3.63, 3.8) is 0 Å². The molecule has 1 fully saturated rings. The number of hydrogen-bond donors (Lipinski definition) is 2. The lowest BCUT2D eigenvalue weighted by Crippen LogP contribution is -2.50. The van der Waals surface area contributed by atoms with E-state index in [1.54, 1.807) is 20.8 Å². The maximum atomic E-state index is 12.4. The van der Waals surface area contributed by atoms with E-state index in [2.05, 4.69) is 18.7 Å². The van der Waals surface area contributed by atoms with E-state index in [4.69, 9.17) is 4.74 Å². The predicted molar refractivity (Wildman–Crippen MR) is 100 cm³/mol. The standard InChI is InChI=1S/C20H39NO4/c1-7-21(8-2)14-10-12-18(4,23)15-16-11-13-19(5,20(16,6)24)17(22)25-9-3/h16,23-24H,7-15H2,1-6H3/t16-,18?,19-,20-/m0/s1. The van der Waals surface area contributed by atoms with Gasteiger partial charge in [0, 0.05) is 0 Å². The van der Waals surface area contributed by atoms with Crippen LogP contribution in [0.3, 0.4) is 0 Å². The van der Waals surface area contributed by atoms with E-state index in [9.17, 15) is 15.0 Å². The lowest BCUT2D eigenvalue weighted by molar-refractivity contribution is -0.172. The van der Waals surface area contributed by atoms with Crippen LogP contribution in [0.2, 0.25) is 0 Å². The van der Waals surface area contributed by atoms with Gasteiger partial charge in [0.2, 0.25) is 0 Å². The number of carbonyl (C=O) groups is 1. The molecule has 25 heavy (non-hydrogen) atoms. The molecule has 0 aromatic rings. The summed E-state index contributed by atoms with van der Waals surface area (Å²) in [5, 5.41) is 21.9. The van der Waals surface area contributed by atoms with E-state index in [-0.39, 0.29) is 11.9 Å². The van der Waals surface area contributed by atoms with Crippen molar-refractivity contribution in [1.29, 1.82) is 0 Å². The van der Waals surface area contributed by atoms with Crippen LogP contribution in [-0.2, 0) is 9.53 Å². The van der Waals surface area contributed by atoms with Crippen molar-refractivity contribution in [2.45, 2.75) is 84.8 Å². The minimum Gasteiger partial charge on any atom is -0.465 e. The van der Waals surface area contributed by atoms with E-state index in [1.807, 2.05) is 6.92 Å². The molecule has 1 unspecified atom stereocenters. The van der Waals surface area contributed by atoms with Crippen LogP contribution in [0.25, 0.3) is 0 Å². The fourth-order valence-electron chi connectivity index (χ4n) is 4.20. The molecule has 0 amide bonds. The Hall–Kier alpha value is -0.650. The molecule has 0 aromatic heterocycles. The summed E-state index contributed by atoms with van der Waals surface area (Å²) in [7, 11) is 0. The van der Waals surface area contributed by atoms with E-state index >= 15 is 0 Å². The molecule has 0 bridgehead atoms. The van der Waals surface area contributed by atoms with Crippen LogP contribution < -0.4 is 0 Å². The third-order valence-corrected chi connectivity index (χ3v) is 6.40. The molecule has 2 N–H and O–H groups in total. The van der Waals surface area contributed by atoms with Gasteiger partial charge in [-0.05, 0) is 85.4 Å². The Labute approximate surface area is 153 Å². The van der Waals surface area contributed by atoms with Gasteiger partial charge in [-0.15, -0.1) is 0 Å². The first-order valence-electron chi connectivity index (χ1n) is 9.88. The molecule has 0 spiro atoms. The molecule has 0 heterocycles. The quantitative estimate of drug-likeness (QED) is 0.588. The van der Waals surface area contributed by atoms with Gasteiger partial charge in [-0.25, -0.2) is 0 Å². The molecular formula is C20H39NO4. The Morgan fingerprint density at radius 1 is 1.28 bits per heavy atom. The Kier molecular flexibility index (Phi) is 7.91. The van der Waals surface area contributed by atoms with Crippen LogP contribution in [-0.4, -0.2) is 58.5 Å². The molecule has 0 aliphatic heterocycles. The number of nitrogens with zero attached hydrogens (tertiary/aromatic N) is 1. The lowest BCUT2D eigenvalue weighted by Gasteiger charge is -2.40. The number of ether oxygens (including phenoxy) is 1. The zero-order valence-electron chi connectivity index (χ0n) is 17.1. The first-order valence-corrected chi connectivity index (χ1v) is 9.88. The summed E-state index contributed by atoms with van der Waals surface area (Å²) in [6, 6.07) is 0. The van der Waals surface area contributed by atoms with E-state index in [0.717, 1.165) is 32.5 Å². The van der Waals surface area contributed by atoms with E-state index in [1.165, 1.54) is 0 Å². The molecule has 1 aliphatic rings. The monoisotopic (exact) mass is 357 g/mol. The third kappa shape index (κ3) is 5.18. The van der Waals surface area contributed by atoms with Crippen molar-refractivity contribution in [2.24, 2.45) is 11.3 Å². The van der Waals surface area contributed by atoms with Gasteiger partial charge >= 0.3 is 5.97 Å². The van der Waals surface area contributed by atoms with Gasteiger partial charge in [0.25, 0.3) is 0 Å². The molecule has 1 rings (SSSR count). The second-order valence-electron chi connectivity index (χ2n) is 8.27. The fraction of sp³-hybridized carbons (Fsp3) is 0.950. The van der Waals surface area contributed by atoms with Crippen LogP contribution in [0.1, 0.15) is 73.6 Å². The lowest BCUT2D eigenvalue weighted by atomic mass is 9.71. The summed E-state index contributed by atoms with van der Waals surface area (Å²) in [6.45, 7) is 14.8. The molecule has 4 atom stereocenters. The van der Waals surface area contributed by atoms with Gasteiger partial charge in [-0.3, -0.25) is 4.79 Å². The molecule has 0 saturated heterocycles. The van der Waals surface area contributed by atoms with Crippen molar-refractivity contribution >= 4 is 5.97 Å². The Morgan fingerprint density at radius 2 is 1.88 bits per heavy atom. The van der Waals surface area contributed by atoms with Gasteiger partial charge in [0.1, 0.15) is 0 Å². The third-order valence-electron chi connectivity index (χ3n) is 6.40. The molecule has 148 valence electrons. The molecule has 0 aromatic carbocycles. The summed E-state index contributed by atoms with van der Waals surface area (Å²) in [4.78, 5) is 14.7. The Morgan fingerprint density at radius 3 is 2.40 bits per heavy atom. The second kappa shape index (κ2) is 8.83. The van der Waals surface area contributed by atoms with Gasteiger partial charge in [-0.2, -0.15) is 0 Å². The van der Waals surface area contributed by atoms with Crippen molar-refractivity contribution in [2.75, 3.05) is 26.2 Å². The molecule has 0 radical (unpaired) electrons. The zero-order valence-corrected chi connectivity index (χ0v) is 17.1. The summed E-state index contributed by atoms with van der Waals surface area (Å²) in [5.74, 6) is -0.436. The van der Waals surface area contributed by atoms with E-state index in [0.29, 0.717) is 25.9 Å². The van der Waals surface area contributed by atoms with Crippen molar-refractivity contribution in [3.8, 4) is 0 Å². The predicted octanol–water partition coefficient (Wildman–Crippen LogP) is 2.98. The summed E-state index contributed by atoms with van der Waals surface area (Å²) < 4.78 is 5.19. The minimum atomic E-state index is -1.16. The fourth-order valence-corrected chi connectivity index (χ4v) is 4.20. The first kappa shape index (κ1) is 22.4. The van der Waals surface area contributed by atoms with Crippen LogP contribution >= 0.6 is 0 Å². The summed E-state index contributed by atoms with van der Waals surface area (Å²) in [6.07, 6.45) is 3.46. The van der Waals surface area contributed by atoms with Gasteiger partial charge < -0.3 is 19.8 Å². The number of rotatable bonds is 10. The van der Waals surface area contributed by atoms with Crippen LogP contribution in [0, 0.1) is 11.3 Å². The topological polar surface area (TPSA) is 70.0 Å². The molecule has 5 heteroatoms. The van der Waals surface area contributed by atoms with Crippen LogP contribution in [0.15, 0.2) is 0 Å². The second-order valence-corrected chi connectivity index (χ2v) is 8.27. The van der Waals surface area contributed by atoms with Gasteiger partial charge in [0.05, 0.1) is 23.2 Å². The highest BCUT2D eigenvalue weighted by Gasteiger charge is 2.59. The van der Waals surface area contributed by atoms with Crippen molar-refractivity contribution in [3.05, 3.63) is 0 Å². The average Bonchev–Trinajstić information content (AvgIpc) is 2.76. The SMILES string of the molecule is CCOC(=O)[C@]1(C)CC[C@@H](CC(C)(O)CCCN(CC)CC)[C@]1(C)O. The van der Waals surface area contributed by atoms with Crippen LogP contribution in [0.5, 0.6) is 0 Å². The molecule has 1 aliphatic carbocycles. The highest BCUT2D eigenvalue weighted by molar-refractivity contribution is 5.78. The minimum absolute atomic E-state index is 0.106. The molecule has 5 nitrogen and oxygen atoms in total. The Bertz CT molecular complexity index is 431. The van der Waals surface area contributed by atoms with E-state index < -0.39 is 16.6 Å². The van der Waals surface area contributed by atoms with Gasteiger partial charge in [0.15, 0.2) is 0 Å². The van der Waals surface area contributed by atoms with Crippen LogP contribution in [0.4, 0.5) is 0 Å². The average molecular weight is 358 g/mol. The summed E-state index contributed by atoms with van der Waals surface area (Å²) in [5.41, 5.74) is -2.89. The van der Waals surface area contributed by atoms with Crippen molar-refractivity contribution in [1.82, 2.24) is 4.90 Å². The number of aliphatic hydroxyl groups is 2. The largest absolute Gasteiger partial charge is 0.465 e. The van der Waals surface area contributed by atoms with Gasteiger partial charge in [-0.1, -0.05) is 13.8 Å². The zero-order chi connectivity index (χ0) is 19.3. The smallest absolute Gasteiger partial charge is 0.314 e. The number of hydrogen-bond acceptors (Lipinski definition) is 5. The number of esters is 1. The normalized spacial score (nSPS) is 32.0. The summed E-state index contributed by atoms with van der Waals surface area (Å²) >= 11 is 0. The highest BCUT2D eigenvalue weighted by Crippen LogP contribution is 2.53. The number of carbonyl (C=O) groups excluding carboxylic acids is 1. The first-order chi connectivity index (χ1) is 11.5.